The molecule has 2 heterocycles. The van der Waals surface area contributed by atoms with E-state index in [0.29, 0.717) is 22.8 Å². The van der Waals surface area contributed by atoms with Crippen LogP contribution in [0.25, 0.3) is 16.6 Å². The fourth-order valence-electron chi connectivity index (χ4n) is 4.07. The number of hydrogen-bond acceptors (Lipinski definition) is 2. The van der Waals surface area contributed by atoms with E-state index in [0.717, 1.165) is 29.4 Å². The van der Waals surface area contributed by atoms with E-state index >= 15 is 0 Å². The Balaban J connectivity index is 1.78. The molecule has 1 aromatic heterocycles. The van der Waals surface area contributed by atoms with Crippen LogP contribution in [-0.2, 0) is 0 Å². The number of nitrogens with one attached hydrogen (secondary N) is 1. The standard InChI is InChI=1S/C22H24ClN3O/c1-15-9-8-10-16(2)26(15)24-22(27)20-18-13-6-7-14-19(18)25(21(20)23)17-11-4-3-5-12-17/h3-7,11-16H,8-10H2,1-2H3,(H,24,27)/t15-,16-/m0/s1. The number of carbonyl (C=O) groups is 1. The van der Waals surface area contributed by atoms with E-state index in [1.165, 1.54) is 6.42 Å². The number of carbonyl (C=O) groups excluding carboxylic acids is 1. The lowest BCUT2D eigenvalue weighted by atomic mass is 10.00. The predicted molar refractivity (Wildman–Crippen MR) is 110 cm³/mol. The first-order valence-electron chi connectivity index (χ1n) is 9.51. The number of hydrazine groups is 1. The van der Waals surface area contributed by atoms with Crippen LogP contribution in [0.2, 0.25) is 5.15 Å². The van der Waals surface area contributed by atoms with Gasteiger partial charge in [0.05, 0.1) is 11.1 Å². The van der Waals surface area contributed by atoms with E-state index in [-0.39, 0.29) is 5.91 Å². The number of benzene rings is 2. The van der Waals surface area contributed by atoms with Crippen LogP contribution in [0.3, 0.4) is 0 Å². The quantitative estimate of drug-likeness (QED) is 0.677. The fraction of sp³-hybridized carbons (Fsp3) is 0.318. The molecule has 0 aliphatic carbocycles. The van der Waals surface area contributed by atoms with Gasteiger partial charge >= 0.3 is 0 Å². The highest BCUT2D eigenvalue weighted by atomic mass is 35.5. The van der Waals surface area contributed by atoms with Crippen LogP contribution in [0, 0.1) is 0 Å². The number of rotatable bonds is 3. The maximum atomic E-state index is 13.2. The summed E-state index contributed by atoms with van der Waals surface area (Å²) in [4.78, 5) is 13.2. The van der Waals surface area contributed by atoms with Crippen molar-refractivity contribution in [3.05, 3.63) is 65.3 Å². The third kappa shape index (κ3) is 3.24. The molecule has 1 amide bonds. The van der Waals surface area contributed by atoms with Crippen LogP contribution in [0.5, 0.6) is 0 Å². The third-order valence-corrected chi connectivity index (χ3v) is 5.84. The van der Waals surface area contributed by atoms with Gasteiger partial charge in [-0.25, -0.2) is 5.01 Å². The summed E-state index contributed by atoms with van der Waals surface area (Å²) < 4.78 is 1.94. The van der Waals surface area contributed by atoms with Crippen molar-refractivity contribution >= 4 is 28.4 Å². The second-order valence-corrected chi connectivity index (χ2v) is 7.69. The molecule has 1 saturated heterocycles. The molecule has 27 heavy (non-hydrogen) atoms. The highest BCUT2D eigenvalue weighted by Gasteiger charge is 2.29. The second kappa shape index (κ2) is 7.37. The largest absolute Gasteiger partial charge is 0.299 e. The molecule has 3 aromatic rings. The molecule has 0 saturated carbocycles. The van der Waals surface area contributed by atoms with Crippen molar-refractivity contribution in [1.29, 1.82) is 0 Å². The van der Waals surface area contributed by atoms with Crippen molar-refractivity contribution in [2.24, 2.45) is 0 Å². The van der Waals surface area contributed by atoms with Gasteiger partial charge in [-0.1, -0.05) is 54.4 Å². The zero-order valence-electron chi connectivity index (χ0n) is 15.7. The molecule has 5 heteroatoms. The number of piperidine rings is 1. The number of fused-ring (bicyclic) bond motifs is 1. The van der Waals surface area contributed by atoms with Gasteiger partial charge in [0.2, 0.25) is 0 Å². The minimum atomic E-state index is -0.147. The van der Waals surface area contributed by atoms with Gasteiger partial charge in [-0.15, -0.1) is 0 Å². The summed E-state index contributed by atoms with van der Waals surface area (Å²) in [5, 5.41) is 3.38. The molecule has 0 radical (unpaired) electrons. The van der Waals surface area contributed by atoms with E-state index in [1.54, 1.807) is 0 Å². The lowest BCUT2D eigenvalue weighted by Crippen LogP contribution is -2.54. The molecule has 140 valence electrons. The fourth-order valence-corrected chi connectivity index (χ4v) is 4.45. The molecule has 4 rings (SSSR count). The van der Waals surface area contributed by atoms with E-state index in [4.69, 9.17) is 11.6 Å². The van der Waals surface area contributed by atoms with Crippen molar-refractivity contribution in [3.63, 3.8) is 0 Å². The summed E-state index contributed by atoms with van der Waals surface area (Å²) in [6.07, 6.45) is 3.37. The zero-order valence-corrected chi connectivity index (χ0v) is 16.4. The molecule has 0 spiro atoms. The third-order valence-electron chi connectivity index (χ3n) is 5.48. The lowest BCUT2D eigenvalue weighted by Gasteiger charge is -2.38. The Morgan fingerprint density at radius 1 is 1.00 bits per heavy atom. The Kier molecular flexibility index (Phi) is 4.94. The first kappa shape index (κ1) is 18.1. The van der Waals surface area contributed by atoms with Gasteiger partial charge in [-0.2, -0.15) is 0 Å². The minimum absolute atomic E-state index is 0.147. The Morgan fingerprint density at radius 2 is 1.63 bits per heavy atom. The monoisotopic (exact) mass is 381 g/mol. The van der Waals surface area contributed by atoms with Crippen LogP contribution in [-0.4, -0.2) is 27.6 Å². The topological polar surface area (TPSA) is 37.3 Å². The van der Waals surface area contributed by atoms with Crippen LogP contribution >= 0.6 is 11.6 Å². The average Bonchev–Trinajstić information content (AvgIpc) is 2.97. The van der Waals surface area contributed by atoms with Crippen LogP contribution in [0.1, 0.15) is 43.5 Å². The molecule has 0 bridgehead atoms. The lowest BCUT2D eigenvalue weighted by molar-refractivity contribution is 0.0371. The van der Waals surface area contributed by atoms with Gasteiger partial charge in [0.15, 0.2) is 0 Å². The molecule has 4 nitrogen and oxygen atoms in total. The number of halogens is 1. The molecular formula is C22H24ClN3O. The Morgan fingerprint density at radius 3 is 2.33 bits per heavy atom. The molecule has 0 unspecified atom stereocenters. The van der Waals surface area contributed by atoms with E-state index < -0.39 is 0 Å². The van der Waals surface area contributed by atoms with Crippen molar-refractivity contribution in [2.75, 3.05) is 0 Å². The normalized spacial score (nSPS) is 20.7. The van der Waals surface area contributed by atoms with Gasteiger partial charge in [0.1, 0.15) is 5.15 Å². The number of para-hydroxylation sites is 2. The number of nitrogens with zero attached hydrogens (tertiary/aromatic N) is 2. The Labute approximate surface area is 164 Å². The van der Waals surface area contributed by atoms with Crippen molar-refractivity contribution in [2.45, 2.75) is 45.2 Å². The minimum Gasteiger partial charge on any atom is -0.299 e. The molecule has 1 fully saturated rings. The first-order valence-corrected chi connectivity index (χ1v) is 9.89. The highest BCUT2D eigenvalue weighted by molar-refractivity contribution is 6.36. The van der Waals surface area contributed by atoms with E-state index in [2.05, 4.69) is 24.3 Å². The van der Waals surface area contributed by atoms with Gasteiger partial charge < -0.3 is 0 Å². The Bertz CT molecular complexity index is 956. The smallest absolute Gasteiger partial charge is 0.269 e. The zero-order chi connectivity index (χ0) is 19.0. The number of aromatic nitrogens is 1. The maximum absolute atomic E-state index is 13.2. The summed E-state index contributed by atoms with van der Waals surface area (Å²) >= 11 is 6.76. The SMILES string of the molecule is C[C@H]1CCC[C@H](C)N1NC(=O)c1c(Cl)n(-c2ccccc2)c2ccccc12. The number of hydrogen-bond donors (Lipinski definition) is 1. The van der Waals surface area contributed by atoms with Crippen LogP contribution < -0.4 is 5.43 Å². The number of amides is 1. The summed E-state index contributed by atoms with van der Waals surface area (Å²) in [5.41, 5.74) is 5.53. The molecular weight excluding hydrogens is 358 g/mol. The summed E-state index contributed by atoms with van der Waals surface area (Å²) in [7, 11) is 0. The maximum Gasteiger partial charge on any atom is 0.269 e. The van der Waals surface area contributed by atoms with E-state index in [1.807, 2.05) is 59.2 Å². The van der Waals surface area contributed by atoms with Gasteiger partial charge in [-0.05, 0) is 44.9 Å². The molecule has 1 aliphatic rings. The van der Waals surface area contributed by atoms with Gasteiger partial charge in [0.25, 0.3) is 5.91 Å². The molecule has 1 N–H and O–H groups in total. The first-order chi connectivity index (χ1) is 13.1. The molecule has 2 atom stereocenters. The van der Waals surface area contributed by atoms with Gasteiger partial charge in [0, 0.05) is 23.2 Å². The summed E-state index contributed by atoms with van der Waals surface area (Å²) in [5.74, 6) is -0.147. The van der Waals surface area contributed by atoms with Crippen molar-refractivity contribution in [3.8, 4) is 5.69 Å². The predicted octanol–water partition coefficient (Wildman–Crippen LogP) is 5.19. The molecule has 1 aliphatic heterocycles. The van der Waals surface area contributed by atoms with Crippen LogP contribution in [0.4, 0.5) is 0 Å². The van der Waals surface area contributed by atoms with Crippen molar-refractivity contribution < 1.29 is 4.79 Å². The Hall–Kier alpha value is -2.30. The van der Waals surface area contributed by atoms with E-state index in [9.17, 15) is 4.79 Å². The summed E-state index contributed by atoms with van der Waals surface area (Å²) in [6.45, 7) is 4.32. The van der Waals surface area contributed by atoms with Crippen molar-refractivity contribution in [1.82, 2.24) is 15.0 Å². The summed E-state index contributed by atoms with van der Waals surface area (Å²) in [6, 6.07) is 18.4. The van der Waals surface area contributed by atoms with Crippen LogP contribution in [0.15, 0.2) is 54.6 Å². The average molecular weight is 382 g/mol. The second-order valence-electron chi connectivity index (χ2n) is 7.33. The molecule has 2 aromatic carbocycles. The highest BCUT2D eigenvalue weighted by Crippen LogP contribution is 2.33. The van der Waals surface area contributed by atoms with Gasteiger partial charge in [-0.3, -0.25) is 14.8 Å².